The summed E-state index contributed by atoms with van der Waals surface area (Å²) in [6, 6.07) is -1.15. The molecule has 1 aliphatic rings. The van der Waals surface area contributed by atoms with Gasteiger partial charge in [0.05, 0.1) is 31.3 Å². The van der Waals surface area contributed by atoms with Gasteiger partial charge >= 0.3 is 7.82 Å². The summed E-state index contributed by atoms with van der Waals surface area (Å²) in [7, 11) is -5.11. The number of phosphoric ester groups is 1. The van der Waals surface area contributed by atoms with Gasteiger partial charge in [0, 0.05) is 0 Å². The van der Waals surface area contributed by atoms with Crippen molar-refractivity contribution >= 4 is 13.7 Å². The minimum Gasteiger partial charge on any atom is -0.393 e. The van der Waals surface area contributed by atoms with Crippen LogP contribution in [0.15, 0.2) is 12.2 Å². The number of nitrogens with one attached hydrogen (secondary N) is 1. The van der Waals surface area contributed by atoms with Gasteiger partial charge in [-0.15, -0.1) is 0 Å². The Labute approximate surface area is 325 Å². The van der Waals surface area contributed by atoms with Crippen LogP contribution in [0.4, 0.5) is 0 Å². The Morgan fingerprint density at radius 3 is 1.56 bits per heavy atom. The molecule has 9 N–H and O–H groups in total. The normalized spacial score (nSPS) is 24.7. The number of hydrogen-bond acceptors (Lipinski definition) is 11. The maximum absolute atomic E-state index is 12.9. The first kappa shape index (κ1) is 51.1. The maximum Gasteiger partial charge on any atom is 0.472 e. The summed E-state index contributed by atoms with van der Waals surface area (Å²) in [6.45, 7) is 3.72. The monoisotopic (exact) mass is 796 g/mol. The molecule has 0 saturated heterocycles. The van der Waals surface area contributed by atoms with E-state index in [1.807, 2.05) is 0 Å². The van der Waals surface area contributed by atoms with Crippen LogP contribution in [0.1, 0.15) is 174 Å². The van der Waals surface area contributed by atoms with Crippen molar-refractivity contribution in [2.45, 2.75) is 229 Å². The fourth-order valence-electron chi connectivity index (χ4n) is 6.83. The van der Waals surface area contributed by atoms with Crippen molar-refractivity contribution in [3.05, 3.63) is 12.2 Å². The highest BCUT2D eigenvalue weighted by Gasteiger charge is 2.51. The molecule has 0 radical (unpaired) electrons. The molecule has 8 unspecified atom stereocenters. The smallest absolute Gasteiger partial charge is 0.393 e. The molecule has 1 saturated carbocycles. The SMILES string of the molecule is CCCCC/C=C\CCCCCC(O)CC(=O)NC(COP(=O)(O)OC1C(O)C(O)C(O)C(O)C1O)C(O)CCCCCCCCCCCCCCCC. The number of hydrogen-bond donors (Lipinski definition) is 9. The molecule has 1 aliphatic carbocycles. The average molecular weight is 796 g/mol. The molecular weight excluding hydrogens is 717 g/mol. The fourth-order valence-corrected chi connectivity index (χ4v) is 7.79. The number of carbonyl (C=O) groups is 1. The number of phosphoric acid groups is 1. The van der Waals surface area contributed by atoms with E-state index in [2.05, 4.69) is 31.3 Å². The van der Waals surface area contributed by atoms with Gasteiger partial charge in [-0.05, 0) is 38.5 Å². The summed E-state index contributed by atoms with van der Waals surface area (Å²) >= 11 is 0. The van der Waals surface area contributed by atoms with Crippen molar-refractivity contribution in [2.75, 3.05) is 6.61 Å². The van der Waals surface area contributed by atoms with Crippen molar-refractivity contribution in [3.8, 4) is 0 Å². The Hall–Kier alpha value is -0.960. The Morgan fingerprint density at radius 2 is 1.04 bits per heavy atom. The van der Waals surface area contributed by atoms with Crippen LogP contribution < -0.4 is 5.32 Å². The Bertz CT molecular complexity index is 990. The van der Waals surface area contributed by atoms with E-state index < -0.39 is 75.2 Å². The minimum atomic E-state index is -5.11. The molecule has 0 bridgehead atoms. The first-order valence-electron chi connectivity index (χ1n) is 21.2. The average Bonchev–Trinajstić information content (AvgIpc) is 3.14. The number of carbonyl (C=O) groups excluding carboxylic acids is 1. The number of amides is 1. The molecule has 13 nitrogen and oxygen atoms in total. The van der Waals surface area contributed by atoms with E-state index in [0.717, 1.165) is 57.8 Å². The zero-order valence-electron chi connectivity index (χ0n) is 33.4. The highest BCUT2D eigenvalue weighted by atomic mass is 31.2. The van der Waals surface area contributed by atoms with Gasteiger partial charge in [-0.2, -0.15) is 0 Å². The molecule has 1 amide bonds. The number of allylic oxidation sites excluding steroid dienone is 2. The number of aliphatic hydroxyl groups excluding tert-OH is 7. The van der Waals surface area contributed by atoms with Crippen LogP contribution >= 0.6 is 7.82 Å². The summed E-state index contributed by atoms with van der Waals surface area (Å²) in [5.74, 6) is -0.571. The van der Waals surface area contributed by atoms with E-state index >= 15 is 0 Å². The van der Waals surface area contributed by atoms with Gasteiger partial charge in [0.25, 0.3) is 0 Å². The predicted octanol–water partition coefficient (Wildman–Crippen LogP) is 5.86. The second-order valence-electron chi connectivity index (χ2n) is 15.4. The summed E-state index contributed by atoms with van der Waals surface area (Å²) in [5.41, 5.74) is 0. The lowest BCUT2D eigenvalue weighted by Crippen LogP contribution is -2.64. The molecule has 320 valence electrons. The largest absolute Gasteiger partial charge is 0.472 e. The van der Waals surface area contributed by atoms with Gasteiger partial charge in [0.15, 0.2) is 0 Å². The third-order valence-corrected chi connectivity index (χ3v) is 11.4. The highest BCUT2D eigenvalue weighted by molar-refractivity contribution is 7.47. The number of unbranched alkanes of at least 4 members (excludes halogenated alkanes) is 19. The molecule has 0 heterocycles. The van der Waals surface area contributed by atoms with Crippen LogP contribution in [0.3, 0.4) is 0 Å². The number of aliphatic hydroxyl groups is 7. The molecule has 1 fully saturated rings. The standard InChI is InChI=1S/C40H78NO12P/c1-3-5-7-9-11-13-15-16-17-18-20-22-24-26-28-33(43)32(30-52-54(50,51)53-40-38(48)36(46)35(45)37(47)39(40)49)41-34(44)29-31(42)27-25-23-21-19-14-12-10-8-6-4-2/h12,14,31-33,35-40,42-43,45-49H,3-11,13,15-30H2,1-2H3,(H,41,44)(H,50,51)/b14-12-. The van der Waals surface area contributed by atoms with Crippen LogP contribution in [-0.2, 0) is 18.4 Å². The van der Waals surface area contributed by atoms with E-state index in [-0.39, 0.29) is 12.8 Å². The topological polar surface area (TPSA) is 226 Å². The van der Waals surface area contributed by atoms with E-state index in [4.69, 9.17) is 9.05 Å². The zero-order chi connectivity index (χ0) is 40.2. The van der Waals surface area contributed by atoms with E-state index in [1.54, 1.807) is 0 Å². The first-order valence-corrected chi connectivity index (χ1v) is 22.7. The molecule has 0 aliphatic heterocycles. The van der Waals surface area contributed by atoms with Crippen LogP contribution in [0.5, 0.6) is 0 Å². The molecular formula is C40H78NO12P. The minimum absolute atomic E-state index is 0.231. The van der Waals surface area contributed by atoms with Crippen LogP contribution in [0, 0.1) is 0 Å². The Balaban J connectivity index is 2.59. The quantitative estimate of drug-likeness (QED) is 0.0212. The van der Waals surface area contributed by atoms with Crippen LogP contribution in [0.2, 0.25) is 0 Å². The van der Waals surface area contributed by atoms with Crippen molar-refractivity contribution in [2.24, 2.45) is 0 Å². The van der Waals surface area contributed by atoms with Crippen LogP contribution in [-0.4, -0.2) is 108 Å². The van der Waals surface area contributed by atoms with Gasteiger partial charge in [0.1, 0.15) is 36.6 Å². The van der Waals surface area contributed by atoms with Gasteiger partial charge < -0.3 is 46.0 Å². The molecule has 0 aromatic carbocycles. The molecule has 0 aromatic heterocycles. The lowest BCUT2D eigenvalue weighted by molar-refractivity contribution is -0.220. The van der Waals surface area contributed by atoms with Crippen molar-refractivity contribution in [1.29, 1.82) is 0 Å². The Kier molecular flexibility index (Phi) is 29.4. The fraction of sp³-hybridized carbons (Fsp3) is 0.925. The van der Waals surface area contributed by atoms with E-state index in [1.165, 1.54) is 77.0 Å². The van der Waals surface area contributed by atoms with Gasteiger partial charge in [-0.1, -0.05) is 142 Å². The van der Waals surface area contributed by atoms with Gasteiger partial charge in [0.2, 0.25) is 5.91 Å². The second-order valence-corrected chi connectivity index (χ2v) is 16.8. The van der Waals surface area contributed by atoms with Crippen LogP contribution in [0.25, 0.3) is 0 Å². The predicted molar refractivity (Wildman–Crippen MR) is 211 cm³/mol. The summed E-state index contributed by atoms with van der Waals surface area (Å²) in [4.78, 5) is 23.3. The van der Waals surface area contributed by atoms with E-state index in [9.17, 15) is 50.0 Å². The molecule has 0 aromatic rings. The number of rotatable bonds is 34. The molecule has 8 atom stereocenters. The lowest BCUT2D eigenvalue weighted by atomic mass is 9.85. The third kappa shape index (κ3) is 23.3. The molecule has 1 rings (SSSR count). The zero-order valence-corrected chi connectivity index (χ0v) is 34.3. The van der Waals surface area contributed by atoms with Crippen molar-refractivity contribution < 1.29 is 59.0 Å². The van der Waals surface area contributed by atoms with E-state index in [0.29, 0.717) is 12.8 Å². The molecule has 14 heteroatoms. The molecule has 54 heavy (non-hydrogen) atoms. The third-order valence-electron chi connectivity index (χ3n) is 10.4. The summed E-state index contributed by atoms with van der Waals surface area (Å²) in [5, 5.41) is 74.3. The van der Waals surface area contributed by atoms with Crippen molar-refractivity contribution in [1.82, 2.24) is 5.32 Å². The van der Waals surface area contributed by atoms with Gasteiger partial charge in [-0.25, -0.2) is 4.57 Å². The maximum atomic E-state index is 12.9. The van der Waals surface area contributed by atoms with Gasteiger partial charge in [-0.3, -0.25) is 13.8 Å². The first-order chi connectivity index (χ1) is 25.8. The summed E-state index contributed by atoms with van der Waals surface area (Å²) in [6.07, 6.45) is 15.6. The highest BCUT2D eigenvalue weighted by Crippen LogP contribution is 2.47. The molecule has 0 spiro atoms. The second kappa shape index (κ2) is 31.1. The van der Waals surface area contributed by atoms with Crippen molar-refractivity contribution in [3.63, 3.8) is 0 Å². The Morgan fingerprint density at radius 1 is 0.630 bits per heavy atom. The summed E-state index contributed by atoms with van der Waals surface area (Å²) < 4.78 is 22.8. The lowest BCUT2D eigenvalue weighted by Gasteiger charge is -2.41.